The molecular formula is C18H16N4O. The van der Waals surface area contributed by atoms with Gasteiger partial charge >= 0.3 is 0 Å². The highest BCUT2D eigenvalue weighted by Crippen LogP contribution is 2.24. The van der Waals surface area contributed by atoms with Gasteiger partial charge in [0.2, 0.25) is 0 Å². The van der Waals surface area contributed by atoms with Gasteiger partial charge in [0.1, 0.15) is 5.82 Å². The number of carbonyl (C=O) groups is 1. The average molecular weight is 304 g/mol. The standard InChI is InChI=1S/C18H16N4O/c19-15-9-10-16(22-17(15)20)13-7-4-8-14(11-13)21-18(23)12-5-2-1-3-6-12/h1-11H,19H2,(H2,20,22)(H,21,23). The molecular weight excluding hydrogens is 288 g/mol. The van der Waals surface area contributed by atoms with E-state index in [-0.39, 0.29) is 5.91 Å². The molecule has 0 aliphatic carbocycles. The second-order valence-corrected chi connectivity index (χ2v) is 5.07. The maximum atomic E-state index is 12.2. The van der Waals surface area contributed by atoms with E-state index in [9.17, 15) is 4.79 Å². The van der Waals surface area contributed by atoms with Crippen molar-refractivity contribution in [3.8, 4) is 11.3 Å². The predicted molar refractivity (Wildman–Crippen MR) is 92.9 cm³/mol. The maximum Gasteiger partial charge on any atom is 0.255 e. The first-order chi connectivity index (χ1) is 11.1. The highest BCUT2D eigenvalue weighted by molar-refractivity contribution is 6.04. The van der Waals surface area contributed by atoms with Crippen molar-refractivity contribution in [1.29, 1.82) is 0 Å². The van der Waals surface area contributed by atoms with Gasteiger partial charge in [-0.15, -0.1) is 0 Å². The minimum Gasteiger partial charge on any atom is -0.396 e. The first-order valence-electron chi connectivity index (χ1n) is 7.12. The van der Waals surface area contributed by atoms with E-state index < -0.39 is 0 Å². The zero-order valence-corrected chi connectivity index (χ0v) is 12.4. The Bertz CT molecular complexity index is 847. The fraction of sp³-hybridized carbons (Fsp3) is 0. The molecule has 5 heteroatoms. The number of nitrogens with zero attached hydrogens (tertiary/aromatic N) is 1. The van der Waals surface area contributed by atoms with E-state index in [2.05, 4.69) is 10.3 Å². The molecule has 2 aromatic carbocycles. The van der Waals surface area contributed by atoms with E-state index in [1.54, 1.807) is 24.3 Å². The molecule has 23 heavy (non-hydrogen) atoms. The van der Waals surface area contributed by atoms with Crippen LogP contribution in [-0.4, -0.2) is 10.9 Å². The molecule has 0 fully saturated rings. The Kier molecular flexibility index (Phi) is 3.93. The lowest BCUT2D eigenvalue weighted by Crippen LogP contribution is -2.11. The first kappa shape index (κ1) is 14.6. The van der Waals surface area contributed by atoms with Crippen molar-refractivity contribution in [1.82, 2.24) is 4.98 Å². The molecule has 114 valence electrons. The van der Waals surface area contributed by atoms with Crippen LogP contribution in [0.5, 0.6) is 0 Å². The van der Waals surface area contributed by atoms with E-state index in [0.29, 0.717) is 28.5 Å². The molecule has 5 nitrogen and oxygen atoms in total. The highest BCUT2D eigenvalue weighted by atomic mass is 16.1. The van der Waals surface area contributed by atoms with Crippen molar-refractivity contribution in [2.45, 2.75) is 0 Å². The van der Waals surface area contributed by atoms with Gasteiger partial charge in [0.15, 0.2) is 0 Å². The molecule has 1 amide bonds. The van der Waals surface area contributed by atoms with E-state index >= 15 is 0 Å². The number of hydrogen-bond acceptors (Lipinski definition) is 4. The molecule has 1 heterocycles. The summed E-state index contributed by atoms with van der Waals surface area (Å²) in [6.07, 6.45) is 0. The molecule has 3 aromatic rings. The smallest absolute Gasteiger partial charge is 0.255 e. The predicted octanol–water partition coefficient (Wildman–Crippen LogP) is 3.17. The van der Waals surface area contributed by atoms with Crippen molar-refractivity contribution in [3.05, 3.63) is 72.3 Å². The summed E-state index contributed by atoms with van der Waals surface area (Å²) in [4.78, 5) is 16.5. The molecule has 0 saturated carbocycles. The summed E-state index contributed by atoms with van der Waals surface area (Å²) < 4.78 is 0. The lowest BCUT2D eigenvalue weighted by atomic mass is 10.1. The Labute approximate surface area is 134 Å². The van der Waals surface area contributed by atoms with Crippen LogP contribution in [0.25, 0.3) is 11.3 Å². The molecule has 0 bridgehead atoms. The molecule has 3 rings (SSSR count). The van der Waals surface area contributed by atoms with E-state index in [1.807, 2.05) is 42.5 Å². The molecule has 5 N–H and O–H groups in total. The molecule has 0 aliphatic heterocycles. The zero-order chi connectivity index (χ0) is 16.2. The van der Waals surface area contributed by atoms with Crippen LogP contribution in [0.4, 0.5) is 17.2 Å². The number of rotatable bonds is 3. The van der Waals surface area contributed by atoms with Crippen LogP contribution in [0, 0.1) is 0 Å². The molecule has 0 atom stereocenters. The zero-order valence-electron chi connectivity index (χ0n) is 12.4. The van der Waals surface area contributed by atoms with Crippen LogP contribution >= 0.6 is 0 Å². The Morgan fingerprint density at radius 3 is 2.43 bits per heavy atom. The number of nitrogens with two attached hydrogens (primary N) is 2. The monoisotopic (exact) mass is 304 g/mol. The van der Waals surface area contributed by atoms with Gasteiger partial charge in [-0.2, -0.15) is 0 Å². The van der Waals surface area contributed by atoms with Gasteiger partial charge in [-0.25, -0.2) is 4.98 Å². The quantitative estimate of drug-likeness (QED) is 0.692. The van der Waals surface area contributed by atoms with Crippen LogP contribution in [0.3, 0.4) is 0 Å². The average Bonchev–Trinajstić information content (AvgIpc) is 2.58. The number of nitrogens with one attached hydrogen (secondary N) is 1. The van der Waals surface area contributed by atoms with Crippen LogP contribution < -0.4 is 16.8 Å². The third-order valence-electron chi connectivity index (χ3n) is 3.41. The second kappa shape index (κ2) is 6.19. The lowest BCUT2D eigenvalue weighted by Gasteiger charge is -2.08. The largest absolute Gasteiger partial charge is 0.396 e. The summed E-state index contributed by atoms with van der Waals surface area (Å²) in [6.45, 7) is 0. The minimum absolute atomic E-state index is 0.160. The summed E-state index contributed by atoms with van der Waals surface area (Å²) >= 11 is 0. The van der Waals surface area contributed by atoms with E-state index in [4.69, 9.17) is 11.5 Å². The summed E-state index contributed by atoms with van der Waals surface area (Å²) in [7, 11) is 0. The number of benzene rings is 2. The van der Waals surface area contributed by atoms with Gasteiger partial charge in [0, 0.05) is 16.8 Å². The van der Waals surface area contributed by atoms with Crippen molar-refractivity contribution < 1.29 is 4.79 Å². The molecule has 0 radical (unpaired) electrons. The fourth-order valence-corrected chi connectivity index (χ4v) is 2.20. The van der Waals surface area contributed by atoms with Crippen molar-refractivity contribution >= 4 is 23.1 Å². The molecule has 0 spiro atoms. The third kappa shape index (κ3) is 3.29. The van der Waals surface area contributed by atoms with E-state index in [1.165, 1.54) is 0 Å². The summed E-state index contributed by atoms with van der Waals surface area (Å²) in [5.74, 6) is 0.133. The number of aromatic nitrogens is 1. The Balaban J connectivity index is 1.85. The normalized spacial score (nSPS) is 10.3. The lowest BCUT2D eigenvalue weighted by molar-refractivity contribution is 0.102. The van der Waals surface area contributed by atoms with Crippen molar-refractivity contribution in [3.63, 3.8) is 0 Å². The molecule has 0 aliphatic rings. The van der Waals surface area contributed by atoms with Crippen molar-refractivity contribution in [2.24, 2.45) is 0 Å². The van der Waals surface area contributed by atoms with Crippen LogP contribution in [0.1, 0.15) is 10.4 Å². The second-order valence-electron chi connectivity index (χ2n) is 5.07. The minimum atomic E-state index is -0.160. The number of nitrogen functional groups attached to an aromatic ring is 2. The number of anilines is 3. The van der Waals surface area contributed by atoms with Gasteiger partial charge < -0.3 is 16.8 Å². The maximum absolute atomic E-state index is 12.2. The van der Waals surface area contributed by atoms with Gasteiger partial charge in [-0.1, -0.05) is 30.3 Å². The number of carbonyl (C=O) groups excluding carboxylic acids is 1. The Morgan fingerprint density at radius 2 is 1.70 bits per heavy atom. The van der Waals surface area contributed by atoms with Gasteiger partial charge in [-0.05, 0) is 36.4 Å². The fourth-order valence-electron chi connectivity index (χ4n) is 2.20. The topological polar surface area (TPSA) is 94.0 Å². The number of amides is 1. The van der Waals surface area contributed by atoms with Crippen LogP contribution in [0.15, 0.2) is 66.7 Å². The van der Waals surface area contributed by atoms with Crippen LogP contribution in [-0.2, 0) is 0 Å². The Hall–Kier alpha value is -3.34. The summed E-state index contributed by atoms with van der Waals surface area (Å²) in [5, 5.41) is 2.87. The first-order valence-corrected chi connectivity index (χ1v) is 7.12. The van der Waals surface area contributed by atoms with E-state index in [0.717, 1.165) is 5.56 Å². The molecule has 0 unspecified atom stereocenters. The number of hydrogen-bond donors (Lipinski definition) is 3. The Morgan fingerprint density at radius 1 is 0.913 bits per heavy atom. The van der Waals surface area contributed by atoms with Crippen LogP contribution in [0.2, 0.25) is 0 Å². The van der Waals surface area contributed by atoms with Gasteiger partial charge in [0.05, 0.1) is 11.4 Å². The van der Waals surface area contributed by atoms with Crippen molar-refractivity contribution in [2.75, 3.05) is 16.8 Å². The molecule has 1 aromatic heterocycles. The summed E-state index contributed by atoms with van der Waals surface area (Å²) in [5.41, 5.74) is 14.7. The SMILES string of the molecule is Nc1ccc(-c2cccc(NC(=O)c3ccccc3)c2)nc1N. The van der Waals surface area contributed by atoms with Gasteiger partial charge in [0.25, 0.3) is 5.91 Å². The molecule has 0 saturated heterocycles. The summed E-state index contributed by atoms with van der Waals surface area (Å²) in [6, 6.07) is 20.0. The highest BCUT2D eigenvalue weighted by Gasteiger charge is 2.07. The third-order valence-corrected chi connectivity index (χ3v) is 3.41. The number of pyridine rings is 1. The van der Waals surface area contributed by atoms with Gasteiger partial charge in [-0.3, -0.25) is 4.79 Å².